The van der Waals surface area contributed by atoms with E-state index in [9.17, 15) is 4.79 Å². The molecule has 0 radical (unpaired) electrons. The molecule has 1 saturated heterocycles. The molecule has 0 aromatic heterocycles. The number of hydrogen-bond donors (Lipinski definition) is 1. The number of hydrogen-bond acceptors (Lipinski definition) is 2. The monoisotopic (exact) mass is 370 g/mol. The molecule has 2 unspecified atom stereocenters. The van der Waals surface area contributed by atoms with Gasteiger partial charge in [0.1, 0.15) is 0 Å². The molecule has 2 N–H and O–H groups in total. The second-order valence-electron chi connectivity index (χ2n) is 7.15. The van der Waals surface area contributed by atoms with Gasteiger partial charge in [0.25, 0.3) is 0 Å². The summed E-state index contributed by atoms with van der Waals surface area (Å²) in [5.74, 6) is -0.170. The molecule has 1 aliphatic rings. The van der Waals surface area contributed by atoms with Gasteiger partial charge in [-0.2, -0.15) is 0 Å². The second kappa shape index (κ2) is 8.59. The van der Waals surface area contributed by atoms with E-state index in [2.05, 4.69) is 30.0 Å². The molecule has 0 aliphatic carbocycles. The van der Waals surface area contributed by atoms with Crippen LogP contribution in [0.25, 0.3) is 0 Å². The van der Waals surface area contributed by atoms with Gasteiger partial charge in [0.15, 0.2) is 0 Å². The van der Waals surface area contributed by atoms with Crippen LogP contribution in [0.1, 0.15) is 54.7 Å². The number of carbonyl (C=O) groups excluding carboxylic acids is 1. The molecule has 26 heavy (non-hydrogen) atoms. The number of carbonyl (C=O) groups is 1. The quantitative estimate of drug-likeness (QED) is 0.743. The van der Waals surface area contributed by atoms with Crippen molar-refractivity contribution in [1.29, 1.82) is 0 Å². The lowest BCUT2D eigenvalue weighted by atomic mass is 9.81. The van der Waals surface area contributed by atoms with Crippen LogP contribution in [0.2, 0.25) is 0 Å². The molecular weight excluding hydrogens is 344 g/mol. The van der Waals surface area contributed by atoms with Crippen molar-refractivity contribution in [1.82, 2.24) is 0 Å². The summed E-state index contributed by atoms with van der Waals surface area (Å²) >= 11 is 5.89. The summed E-state index contributed by atoms with van der Waals surface area (Å²) in [5, 5.41) is 0. The van der Waals surface area contributed by atoms with Crippen LogP contribution in [0.3, 0.4) is 0 Å². The molecule has 2 aromatic rings. The fourth-order valence-corrected chi connectivity index (χ4v) is 4.17. The van der Waals surface area contributed by atoms with Gasteiger partial charge < -0.3 is 10.6 Å². The highest BCUT2D eigenvalue weighted by Gasteiger charge is 2.29. The fraction of sp³-hybridized carbons (Fsp3) is 0.409. The normalized spacial score (nSPS) is 16.9. The van der Waals surface area contributed by atoms with Crippen LogP contribution in [0.4, 0.5) is 5.69 Å². The molecule has 0 spiro atoms. The first-order chi connectivity index (χ1) is 12.6. The number of amides is 1. The molecule has 0 saturated carbocycles. The zero-order valence-corrected chi connectivity index (χ0v) is 16.1. The summed E-state index contributed by atoms with van der Waals surface area (Å²) in [5.41, 5.74) is 10.3. The fourth-order valence-electron chi connectivity index (χ4n) is 3.99. The lowest BCUT2D eigenvalue weighted by Gasteiger charge is -2.33. The molecular formula is C22H27ClN2O. The standard InChI is InChI=1S/C22H27ClN2O/c1-16(21(22(24)26)18-11-9-17(15-23)10-12-18)19-7-3-4-8-20(19)25-13-5-2-6-14-25/h3-4,7-12,16,21H,2,5-6,13-15H2,1H3,(H2,24,26). The summed E-state index contributed by atoms with van der Waals surface area (Å²) in [4.78, 5) is 14.8. The van der Waals surface area contributed by atoms with Crippen LogP contribution in [0.5, 0.6) is 0 Å². The Morgan fingerprint density at radius 2 is 1.73 bits per heavy atom. The first kappa shape index (κ1) is 18.8. The van der Waals surface area contributed by atoms with Crippen LogP contribution in [-0.4, -0.2) is 19.0 Å². The maximum Gasteiger partial charge on any atom is 0.225 e. The van der Waals surface area contributed by atoms with E-state index < -0.39 is 0 Å². The summed E-state index contributed by atoms with van der Waals surface area (Å²) in [6.07, 6.45) is 3.74. The van der Waals surface area contributed by atoms with E-state index in [0.717, 1.165) is 24.2 Å². The van der Waals surface area contributed by atoms with Crippen molar-refractivity contribution >= 4 is 23.2 Å². The summed E-state index contributed by atoms with van der Waals surface area (Å²) in [6.45, 7) is 4.26. The van der Waals surface area contributed by atoms with Crippen LogP contribution >= 0.6 is 11.6 Å². The van der Waals surface area contributed by atoms with Crippen molar-refractivity contribution in [3.05, 3.63) is 65.2 Å². The lowest BCUT2D eigenvalue weighted by molar-refractivity contribution is -0.119. The van der Waals surface area contributed by atoms with Gasteiger partial charge in [-0.3, -0.25) is 4.79 Å². The molecule has 138 valence electrons. The average molecular weight is 371 g/mol. The van der Waals surface area contributed by atoms with Gasteiger partial charge >= 0.3 is 0 Å². The number of rotatable bonds is 6. The third kappa shape index (κ3) is 4.04. The largest absolute Gasteiger partial charge is 0.371 e. The Bertz CT molecular complexity index is 738. The molecule has 2 aromatic carbocycles. The van der Waals surface area contributed by atoms with E-state index in [4.69, 9.17) is 17.3 Å². The van der Waals surface area contributed by atoms with Crippen LogP contribution < -0.4 is 10.6 Å². The molecule has 1 amide bonds. The Morgan fingerprint density at radius 3 is 2.35 bits per heavy atom. The molecule has 0 bridgehead atoms. The van der Waals surface area contributed by atoms with Crippen molar-refractivity contribution in [3.63, 3.8) is 0 Å². The highest BCUT2D eigenvalue weighted by atomic mass is 35.5. The van der Waals surface area contributed by atoms with Gasteiger partial charge in [-0.1, -0.05) is 49.4 Å². The number of benzene rings is 2. The molecule has 1 fully saturated rings. The maximum absolute atomic E-state index is 12.3. The second-order valence-corrected chi connectivity index (χ2v) is 7.42. The zero-order chi connectivity index (χ0) is 18.5. The van der Waals surface area contributed by atoms with Crippen molar-refractivity contribution in [2.75, 3.05) is 18.0 Å². The molecule has 4 heteroatoms. The van der Waals surface area contributed by atoms with E-state index in [-0.39, 0.29) is 17.7 Å². The van der Waals surface area contributed by atoms with Crippen molar-refractivity contribution < 1.29 is 4.79 Å². The van der Waals surface area contributed by atoms with Gasteiger partial charge in [0, 0.05) is 24.7 Å². The first-order valence-electron chi connectivity index (χ1n) is 9.40. The van der Waals surface area contributed by atoms with Crippen molar-refractivity contribution in [2.45, 2.75) is 43.9 Å². The van der Waals surface area contributed by atoms with Gasteiger partial charge in [0.2, 0.25) is 5.91 Å². The molecule has 1 heterocycles. The van der Waals surface area contributed by atoms with Gasteiger partial charge in [-0.15, -0.1) is 11.6 Å². The third-order valence-electron chi connectivity index (χ3n) is 5.42. The molecule has 2 atom stereocenters. The van der Waals surface area contributed by atoms with E-state index in [0.29, 0.717) is 5.88 Å². The number of alkyl halides is 1. The van der Waals surface area contributed by atoms with Crippen molar-refractivity contribution in [3.8, 4) is 0 Å². The molecule has 1 aliphatic heterocycles. The summed E-state index contributed by atoms with van der Waals surface area (Å²) in [6, 6.07) is 16.3. The highest BCUT2D eigenvalue weighted by molar-refractivity contribution is 6.17. The minimum absolute atomic E-state index is 0.00692. The molecule has 3 rings (SSSR count). The number of nitrogens with two attached hydrogens (primary N) is 1. The SMILES string of the molecule is CC(c1ccccc1N1CCCCC1)C(C(N)=O)c1ccc(CCl)cc1. The van der Waals surface area contributed by atoms with Gasteiger partial charge in [-0.25, -0.2) is 0 Å². The number of halogens is 1. The number of anilines is 1. The van der Waals surface area contributed by atoms with Crippen LogP contribution in [0, 0.1) is 0 Å². The topological polar surface area (TPSA) is 46.3 Å². The van der Waals surface area contributed by atoms with Gasteiger partial charge in [-0.05, 0) is 47.9 Å². The average Bonchev–Trinajstić information content (AvgIpc) is 2.69. The van der Waals surface area contributed by atoms with Crippen LogP contribution in [-0.2, 0) is 10.7 Å². The Balaban J connectivity index is 1.94. The Morgan fingerprint density at radius 1 is 1.08 bits per heavy atom. The Hall–Kier alpha value is -2.00. The van der Waals surface area contributed by atoms with E-state index in [1.807, 2.05) is 30.3 Å². The summed E-state index contributed by atoms with van der Waals surface area (Å²) in [7, 11) is 0. The Labute approximate surface area is 161 Å². The minimum atomic E-state index is -0.356. The predicted molar refractivity (Wildman–Crippen MR) is 109 cm³/mol. The van der Waals surface area contributed by atoms with E-state index in [1.165, 1.54) is 30.5 Å². The van der Waals surface area contributed by atoms with E-state index in [1.54, 1.807) is 0 Å². The maximum atomic E-state index is 12.3. The van der Waals surface area contributed by atoms with Crippen molar-refractivity contribution in [2.24, 2.45) is 5.73 Å². The minimum Gasteiger partial charge on any atom is -0.371 e. The molecule has 3 nitrogen and oxygen atoms in total. The summed E-state index contributed by atoms with van der Waals surface area (Å²) < 4.78 is 0. The Kier molecular flexibility index (Phi) is 6.20. The number of piperidine rings is 1. The van der Waals surface area contributed by atoms with Crippen LogP contribution in [0.15, 0.2) is 48.5 Å². The number of nitrogens with zero attached hydrogens (tertiary/aromatic N) is 1. The zero-order valence-electron chi connectivity index (χ0n) is 15.3. The third-order valence-corrected chi connectivity index (χ3v) is 5.73. The lowest BCUT2D eigenvalue weighted by Crippen LogP contribution is -2.32. The van der Waals surface area contributed by atoms with E-state index >= 15 is 0 Å². The predicted octanol–water partition coefficient (Wildman–Crippen LogP) is 4.79. The highest BCUT2D eigenvalue weighted by Crippen LogP contribution is 2.38. The van der Waals surface area contributed by atoms with Gasteiger partial charge in [0.05, 0.1) is 5.92 Å². The number of primary amides is 1. The number of para-hydroxylation sites is 1. The smallest absolute Gasteiger partial charge is 0.225 e. The first-order valence-corrected chi connectivity index (χ1v) is 9.93.